The molecule has 0 heterocycles. The summed E-state index contributed by atoms with van der Waals surface area (Å²) in [6.45, 7) is 2.11. The first-order valence-electron chi connectivity index (χ1n) is 6.45. The lowest BCUT2D eigenvalue weighted by Crippen LogP contribution is -2.13. The Hall–Kier alpha value is -1.87. The Kier molecular flexibility index (Phi) is 4.74. The zero-order valence-electron chi connectivity index (χ0n) is 11.1. The van der Waals surface area contributed by atoms with E-state index in [1.165, 1.54) is 23.8 Å². The number of hydrogen-bond acceptors (Lipinski definition) is 1. The van der Waals surface area contributed by atoms with Gasteiger partial charge in [-0.3, -0.25) is 4.79 Å². The van der Waals surface area contributed by atoms with Gasteiger partial charge in [0, 0.05) is 10.7 Å². The molecule has 2 nitrogen and oxygen atoms in total. The molecule has 0 fully saturated rings. The molecule has 4 heteroatoms. The van der Waals surface area contributed by atoms with Crippen molar-refractivity contribution >= 4 is 23.2 Å². The number of rotatable bonds is 4. The fourth-order valence-electron chi connectivity index (χ4n) is 1.91. The van der Waals surface area contributed by atoms with Gasteiger partial charge >= 0.3 is 0 Å². The molecule has 2 aromatic rings. The fourth-order valence-corrected chi connectivity index (χ4v) is 2.09. The van der Waals surface area contributed by atoms with Crippen LogP contribution in [0.4, 0.5) is 10.1 Å². The van der Waals surface area contributed by atoms with E-state index in [1.54, 1.807) is 0 Å². The minimum Gasteiger partial charge on any atom is -0.322 e. The van der Waals surface area contributed by atoms with Gasteiger partial charge in [-0.15, -0.1) is 0 Å². The highest BCUT2D eigenvalue weighted by atomic mass is 35.5. The van der Waals surface area contributed by atoms with Crippen molar-refractivity contribution in [2.24, 2.45) is 0 Å². The lowest BCUT2D eigenvalue weighted by atomic mass is 10.1. The Labute approximate surface area is 122 Å². The number of carbonyl (C=O) groups is 1. The van der Waals surface area contributed by atoms with Crippen molar-refractivity contribution in [3.05, 3.63) is 64.4 Å². The highest BCUT2D eigenvalue weighted by Gasteiger charge is 2.12. The van der Waals surface area contributed by atoms with Crippen LogP contribution in [0.15, 0.2) is 42.5 Å². The smallest absolute Gasteiger partial charge is 0.258 e. The molecule has 0 saturated carbocycles. The molecule has 0 bridgehead atoms. The molecule has 0 radical (unpaired) electrons. The lowest BCUT2D eigenvalue weighted by molar-refractivity contribution is 0.102. The largest absolute Gasteiger partial charge is 0.322 e. The van der Waals surface area contributed by atoms with E-state index in [4.69, 9.17) is 11.6 Å². The minimum absolute atomic E-state index is 0.0601. The Balaban J connectivity index is 2.13. The van der Waals surface area contributed by atoms with Crippen LogP contribution in [0.25, 0.3) is 0 Å². The van der Waals surface area contributed by atoms with Gasteiger partial charge in [0.05, 0.1) is 5.56 Å². The predicted molar refractivity (Wildman–Crippen MR) is 79.8 cm³/mol. The fraction of sp³-hybridized carbons (Fsp3) is 0.188. The van der Waals surface area contributed by atoms with Crippen molar-refractivity contribution in [3.63, 3.8) is 0 Å². The molecule has 20 heavy (non-hydrogen) atoms. The summed E-state index contributed by atoms with van der Waals surface area (Å²) >= 11 is 5.77. The average molecular weight is 292 g/mol. The molecule has 0 unspecified atom stereocenters. The molecule has 2 rings (SSSR count). The van der Waals surface area contributed by atoms with E-state index in [0.717, 1.165) is 12.8 Å². The zero-order valence-corrected chi connectivity index (χ0v) is 11.9. The molecule has 2 aromatic carbocycles. The van der Waals surface area contributed by atoms with Gasteiger partial charge in [-0.25, -0.2) is 4.39 Å². The van der Waals surface area contributed by atoms with Crippen LogP contribution in [0.2, 0.25) is 5.02 Å². The molecule has 0 spiro atoms. The van der Waals surface area contributed by atoms with Crippen LogP contribution in [0.3, 0.4) is 0 Å². The molecule has 0 atom stereocenters. The van der Waals surface area contributed by atoms with Crippen LogP contribution >= 0.6 is 11.6 Å². The maximum Gasteiger partial charge on any atom is 0.258 e. The topological polar surface area (TPSA) is 29.1 Å². The summed E-state index contributed by atoms with van der Waals surface area (Å²) in [4.78, 5) is 12.0. The standard InChI is InChI=1S/C16H15ClFNO/c1-2-3-11-4-7-13(8-5-11)19-16(20)14-10-12(17)6-9-15(14)18/h4-10H,2-3H2,1H3,(H,19,20). The number of carbonyl (C=O) groups excluding carboxylic acids is 1. The Morgan fingerprint density at radius 1 is 1.20 bits per heavy atom. The van der Waals surface area contributed by atoms with Crippen molar-refractivity contribution < 1.29 is 9.18 Å². The number of hydrogen-bond donors (Lipinski definition) is 1. The van der Waals surface area contributed by atoms with Gasteiger partial charge < -0.3 is 5.32 Å². The maximum atomic E-state index is 13.6. The Morgan fingerprint density at radius 2 is 1.90 bits per heavy atom. The average Bonchev–Trinajstić information content (AvgIpc) is 2.44. The highest BCUT2D eigenvalue weighted by molar-refractivity contribution is 6.31. The second-order valence-corrected chi connectivity index (χ2v) is 4.96. The van der Waals surface area contributed by atoms with E-state index in [9.17, 15) is 9.18 Å². The SMILES string of the molecule is CCCc1ccc(NC(=O)c2cc(Cl)ccc2F)cc1. The summed E-state index contributed by atoms with van der Waals surface area (Å²) in [5.74, 6) is -1.09. The summed E-state index contributed by atoms with van der Waals surface area (Å²) in [5, 5.41) is 2.99. The van der Waals surface area contributed by atoms with E-state index in [1.807, 2.05) is 24.3 Å². The summed E-state index contributed by atoms with van der Waals surface area (Å²) in [7, 11) is 0. The van der Waals surface area contributed by atoms with Crippen LogP contribution in [-0.4, -0.2) is 5.91 Å². The van der Waals surface area contributed by atoms with E-state index in [0.29, 0.717) is 10.7 Å². The van der Waals surface area contributed by atoms with Gasteiger partial charge in [0.1, 0.15) is 5.82 Å². The van der Waals surface area contributed by atoms with Gasteiger partial charge in [-0.2, -0.15) is 0 Å². The predicted octanol–water partition coefficient (Wildman–Crippen LogP) is 4.68. The number of halogens is 2. The molecule has 1 N–H and O–H groups in total. The molecule has 0 saturated heterocycles. The van der Waals surface area contributed by atoms with E-state index in [-0.39, 0.29) is 5.56 Å². The quantitative estimate of drug-likeness (QED) is 0.870. The minimum atomic E-state index is -0.588. The summed E-state index contributed by atoms with van der Waals surface area (Å²) in [6, 6.07) is 11.4. The number of anilines is 1. The molecule has 0 aliphatic rings. The molecule has 0 aliphatic heterocycles. The number of benzene rings is 2. The first-order valence-corrected chi connectivity index (χ1v) is 6.83. The van der Waals surface area contributed by atoms with Crippen LogP contribution < -0.4 is 5.32 Å². The number of nitrogens with one attached hydrogen (secondary N) is 1. The van der Waals surface area contributed by atoms with E-state index in [2.05, 4.69) is 12.2 Å². The monoisotopic (exact) mass is 291 g/mol. The first-order chi connectivity index (χ1) is 9.60. The Morgan fingerprint density at radius 3 is 2.55 bits per heavy atom. The summed E-state index contributed by atoms with van der Waals surface area (Å²) < 4.78 is 13.6. The lowest BCUT2D eigenvalue weighted by Gasteiger charge is -2.07. The summed E-state index contributed by atoms with van der Waals surface area (Å²) in [6.07, 6.45) is 2.07. The number of amides is 1. The molecular formula is C16H15ClFNO. The van der Waals surface area contributed by atoms with Crippen LogP contribution in [-0.2, 0) is 6.42 Å². The zero-order chi connectivity index (χ0) is 14.5. The van der Waals surface area contributed by atoms with Crippen molar-refractivity contribution in [2.45, 2.75) is 19.8 Å². The van der Waals surface area contributed by atoms with Crippen molar-refractivity contribution in [3.8, 4) is 0 Å². The highest BCUT2D eigenvalue weighted by Crippen LogP contribution is 2.17. The first kappa shape index (κ1) is 14.5. The van der Waals surface area contributed by atoms with Crippen LogP contribution in [0.1, 0.15) is 29.3 Å². The van der Waals surface area contributed by atoms with Crippen molar-refractivity contribution in [1.29, 1.82) is 0 Å². The van der Waals surface area contributed by atoms with Gasteiger partial charge in [-0.1, -0.05) is 37.1 Å². The van der Waals surface area contributed by atoms with Gasteiger partial charge in [0.2, 0.25) is 0 Å². The van der Waals surface area contributed by atoms with Crippen LogP contribution in [0.5, 0.6) is 0 Å². The Bertz CT molecular complexity index is 610. The number of aryl methyl sites for hydroxylation is 1. The normalized spacial score (nSPS) is 10.3. The van der Waals surface area contributed by atoms with E-state index < -0.39 is 11.7 Å². The molecule has 0 aliphatic carbocycles. The van der Waals surface area contributed by atoms with Crippen LogP contribution in [0, 0.1) is 5.82 Å². The molecule has 104 valence electrons. The van der Waals surface area contributed by atoms with Gasteiger partial charge in [0.25, 0.3) is 5.91 Å². The van der Waals surface area contributed by atoms with Gasteiger partial charge in [-0.05, 0) is 42.3 Å². The third kappa shape index (κ3) is 3.58. The van der Waals surface area contributed by atoms with Crippen molar-refractivity contribution in [2.75, 3.05) is 5.32 Å². The van der Waals surface area contributed by atoms with Crippen molar-refractivity contribution in [1.82, 2.24) is 0 Å². The van der Waals surface area contributed by atoms with Gasteiger partial charge in [0.15, 0.2) is 0 Å². The second-order valence-electron chi connectivity index (χ2n) is 4.53. The maximum absolute atomic E-state index is 13.6. The second kappa shape index (κ2) is 6.53. The summed E-state index contributed by atoms with van der Waals surface area (Å²) in [5.41, 5.74) is 1.78. The molecular weight excluding hydrogens is 277 g/mol. The third-order valence-corrected chi connectivity index (χ3v) is 3.16. The van der Waals surface area contributed by atoms with E-state index >= 15 is 0 Å². The molecule has 0 aromatic heterocycles. The molecule has 1 amide bonds. The third-order valence-electron chi connectivity index (χ3n) is 2.92.